The molecule has 0 fully saturated rings. The first-order valence-corrected chi connectivity index (χ1v) is 6.44. The number of hydrogen-bond donors (Lipinski definition) is 2. The maximum absolute atomic E-state index is 5.95. The predicted molar refractivity (Wildman–Crippen MR) is 81.1 cm³/mol. The Hall–Kier alpha value is -2.16. The maximum Gasteiger partial charge on any atom is 0.119 e. The van der Waals surface area contributed by atoms with Crippen LogP contribution in [0.15, 0.2) is 42.5 Å². The molecule has 0 atom stereocenters. The van der Waals surface area contributed by atoms with Crippen LogP contribution in [0.5, 0.6) is 5.75 Å². The van der Waals surface area contributed by atoms with Crippen LogP contribution in [0.4, 0.5) is 17.1 Å². The molecule has 0 aliphatic rings. The Morgan fingerprint density at radius 2 is 1.74 bits per heavy atom. The largest absolute Gasteiger partial charge is 0.491 e. The van der Waals surface area contributed by atoms with Crippen molar-refractivity contribution in [3.05, 3.63) is 48.0 Å². The Labute approximate surface area is 114 Å². The number of rotatable bonds is 4. The molecule has 3 heteroatoms. The van der Waals surface area contributed by atoms with Crippen LogP contribution >= 0.6 is 0 Å². The molecule has 19 heavy (non-hydrogen) atoms. The summed E-state index contributed by atoms with van der Waals surface area (Å²) in [6.07, 6.45) is 0.186. The van der Waals surface area contributed by atoms with Crippen molar-refractivity contribution in [3.8, 4) is 5.75 Å². The van der Waals surface area contributed by atoms with Gasteiger partial charge in [-0.05, 0) is 62.7 Å². The molecule has 0 spiro atoms. The first kappa shape index (κ1) is 13.3. The van der Waals surface area contributed by atoms with Crippen LogP contribution in [0.1, 0.15) is 19.4 Å². The number of nitrogens with one attached hydrogen (secondary N) is 1. The molecule has 2 rings (SSSR count). The lowest BCUT2D eigenvalue weighted by molar-refractivity contribution is 0.242. The third-order valence-corrected chi connectivity index (χ3v) is 2.71. The molecule has 0 heterocycles. The van der Waals surface area contributed by atoms with Crippen molar-refractivity contribution in [2.24, 2.45) is 0 Å². The quantitative estimate of drug-likeness (QED) is 0.809. The average Bonchev–Trinajstić information content (AvgIpc) is 2.35. The van der Waals surface area contributed by atoms with Gasteiger partial charge in [0, 0.05) is 5.69 Å². The van der Waals surface area contributed by atoms with Gasteiger partial charge in [0.1, 0.15) is 5.75 Å². The maximum atomic E-state index is 5.95. The number of nitrogens with two attached hydrogens (primary N) is 1. The fourth-order valence-electron chi connectivity index (χ4n) is 1.82. The van der Waals surface area contributed by atoms with E-state index < -0.39 is 0 Å². The molecule has 0 radical (unpaired) electrons. The van der Waals surface area contributed by atoms with Gasteiger partial charge in [-0.15, -0.1) is 0 Å². The van der Waals surface area contributed by atoms with Gasteiger partial charge in [0.25, 0.3) is 0 Å². The molecule has 2 aromatic carbocycles. The Balaban J connectivity index is 2.13. The lowest BCUT2D eigenvalue weighted by Crippen LogP contribution is -2.05. The van der Waals surface area contributed by atoms with Crippen molar-refractivity contribution in [3.63, 3.8) is 0 Å². The molecule has 0 bridgehead atoms. The van der Waals surface area contributed by atoms with Crippen molar-refractivity contribution in [1.29, 1.82) is 0 Å². The van der Waals surface area contributed by atoms with Crippen molar-refractivity contribution in [2.75, 3.05) is 11.1 Å². The van der Waals surface area contributed by atoms with Gasteiger partial charge in [-0.25, -0.2) is 0 Å². The molecule has 0 saturated carbocycles. The fourth-order valence-corrected chi connectivity index (χ4v) is 1.82. The molecule has 0 unspecified atom stereocenters. The minimum Gasteiger partial charge on any atom is -0.491 e. The van der Waals surface area contributed by atoms with E-state index in [0.717, 1.165) is 22.8 Å². The number of anilines is 3. The average molecular weight is 256 g/mol. The highest BCUT2D eigenvalue weighted by atomic mass is 16.5. The van der Waals surface area contributed by atoms with Crippen molar-refractivity contribution in [2.45, 2.75) is 26.9 Å². The molecule has 0 aliphatic carbocycles. The summed E-state index contributed by atoms with van der Waals surface area (Å²) in [5.41, 5.74) is 9.79. The van der Waals surface area contributed by atoms with Crippen LogP contribution in [-0.2, 0) is 0 Å². The summed E-state index contributed by atoms with van der Waals surface area (Å²) in [7, 11) is 0. The van der Waals surface area contributed by atoms with Crippen LogP contribution in [0.3, 0.4) is 0 Å². The number of hydrogen-bond acceptors (Lipinski definition) is 3. The van der Waals surface area contributed by atoms with Crippen LogP contribution in [0.25, 0.3) is 0 Å². The van der Waals surface area contributed by atoms with Gasteiger partial charge in [-0.1, -0.05) is 6.07 Å². The van der Waals surface area contributed by atoms with Crippen molar-refractivity contribution < 1.29 is 4.74 Å². The van der Waals surface area contributed by atoms with Crippen molar-refractivity contribution in [1.82, 2.24) is 0 Å². The predicted octanol–water partition coefficient (Wildman–Crippen LogP) is 4.11. The van der Waals surface area contributed by atoms with Crippen LogP contribution in [0.2, 0.25) is 0 Å². The molecule has 0 saturated heterocycles. The van der Waals surface area contributed by atoms with Crippen molar-refractivity contribution >= 4 is 17.1 Å². The van der Waals surface area contributed by atoms with Gasteiger partial charge >= 0.3 is 0 Å². The second-order valence-electron chi connectivity index (χ2n) is 4.91. The van der Waals surface area contributed by atoms with E-state index in [2.05, 4.69) is 5.32 Å². The fraction of sp³-hybridized carbons (Fsp3) is 0.250. The SMILES string of the molecule is Cc1ccc(N)c(Nc2ccc(OC(C)C)cc2)c1. The minimum absolute atomic E-state index is 0.186. The lowest BCUT2D eigenvalue weighted by atomic mass is 10.2. The number of nitrogen functional groups attached to an aromatic ring is 1. The summed E-state index contributed by atoms with van der Waals surface area (Å²) < 4.78 is 5.61. The van der Waals surface area contributed by atoms with Gasteiger partial charge in [-0.3, -0.25) is 0 Å². The molecule has 100 valence electrons. The molecule has 2 aromatic rings. The molecular formula is C16H20N2O. The number of ether oxygens (including phenoxy) is 1. The normalized spacial score (nSPS) is 10.5. The smallest absolute Gasteiger partial charge is 0.119 e. The van der Waals surface area contributed by atoms with E-state index in [1.54, 1.807) is 0 Å². The highest BCUT2D eigenvalue weighted by Gasteiger charge is 2.01. The second-order valence-corrected chi connectivity index (χ2v) is 4.91. The highest BCUT2D eigenvalue weighted by molar-refractivity contribution is 5.73. The molecule has 0 aliphatic heterocycles. The first-order valence-electron chi connectivity index (χ1n) is 6.44. The third kappa shape index (κ3) is 3.65. The zero-order valence-corrected chi connectivity index (χ0v) is 11.6. The summed E-state index contributed by atoms with van der Waals surface area (Å²) in [6, 6.07) is 13.8. The van der Waals surface area contributed by atoms with E-state index in [1.165, 1.54) is 5.56 Å². The Morgan fingerprint density at radius 1 is 1.05 bits per heavy atom. The highest BCUT2D eigenvalue weighted by Crippen LogP contribution is 2.25. The van der Waals surface area contributed by atoms with Crippen LogP contribution in [-0.4, -0.2) is 6.10 Å². The van der Waals surface area contributed by atoms with E-state index >= 15 is 0 Å². The minimum atomic E-state index is 0.186. The van der Waals surface area contributed by atoms with Gasteiger partial charge in [0.15, 0.2) is 0 Å². The number of benzene rings is 2. The Kier molecular flexibility index (Phi) is 3.95. The first-order chi connectivity index (χ1) is 9.04. The summed E-state index contributed by atoms with van der Waals surface area (Å²) in [4.78, 5) is 0. The van der Waals surface area contributed by atoms with Crippen LogP contribution in [0, 0.1) is 6.92 Å². The summed E-state index contributed by atoms with van der Waals surface area (Å²) >= 11 is 0. The second kappa shape index (κ2) is 5.65. The molecular weight excluding hydrogens is 236 g/mol. The van der Waals surface area contributed by atoms with E-state index in [1.807, 2.05) is 63.2 Å². The zero-order chi connectivity index (χ0) is 13.8. The van der Waals surface area contributed by atoms with Gasteiger partial charge < -0.3 is 15.8 Å². The topological polar surface area (TPSA) is 47.3 Å². The van der Waals surface area contributed by atoms with E-state index in [9.17, 15) is 0 Å². The molecule has 3 nitrogen and oxygen atoms in total. The standard InChI is InChI=1S/C16H20N2O/c1-11(2)19-14-7-5-13(6-8-14)18-16-10-12(3)4-9-15(16)17/h4-11,18H,17H2,1-3H3. The summed E-state index contributed by atoms with van der Waals surface area (Å²) in [5, 5.41) is 3.31. The van der Waals surface area contributed by atoms with Gasteiger partial charge in [-0.2, -0.15) is 0 Å². The molecule has 3 N–H and O–H groups in total. The summed E-state index contributed by atoms with van der Waals surface area (Å²) in [5.74, 6) is 0.873. The lowest BCUT2D eigenvalue weighted by Gasteiger charge is -2.12. The third-order valence-electron chi connectivity index (χ3n) is 2.71. The molecule has 0 amide bonds. The van der Waals surface area contributed by atoms with E-state index in [-0.39, 0.29) is 6.10 Å². The van der Waals surface area contributed by atoms with E-state index in [4.69, 9.17) is 10.5 Å². The molecule has 0 aromatic heterocycles. The Morgan fingerprint density at radius 3 is 2.37 bits per heavy atom. The van der Waals surface area contributed by atoms with Gasteiger partial charge in [0.2, 0.25) is 0 Å². The van der Waals surface area contributed by atoms with Gasteiger partial charge in [0.05, 0.1) is 17.5 Å². The number of aryl methyl sites for hydroxylation is 1. The zero-order valence-electron chi connectivity index (χ0n) is 11.6. The monoisotopic (exact) mass is 256 g/mol. The van der Waals surface area contributed by atoms with E-state index in [0.29, 0.717) is 0 Å². The van der Waals surface area contributed by atoms with Crippen LogP contribution < -0.4 is 15.8 Å². The summed E-state index contributed by atoms with van der Waals surface area (Å²) in [6.45, 7) is 6.07. The Bertz CT molecular complexity index is 547.